The van der Waals surface area contributed by atoms with Crippen molar-refractivity contribution in [1.29, 1.82) is 0 Å². The SMILES string of the molecule is CS(=O)(=O)Nc1cccc(-c2cnc(NC(=O)CSc3nc4nccnc4c(=O)n3CCc3ccccc3)s2)c1. The number of fused-ring (bicyclic) bond motifs is 1. The maximum atomic E-state index is 13.2. The summed E-state index contributed by atoms with van der Waals surface area (Å²) in [5.41, 5.74) is 2.35. The summed E-state index contributed by atoms with van der Waals surface area (Å²) in [7, 11) is -3.41. The van der Waals surface area contributed by atoms with Gasteiger partial charge in [-0.3, -0.25) is 18.9 Å². The quantitative estimate of drug-likeness (QED) is 0.183. The number of hydrogen-bond donors (Lipinski definition) is 2. The number of rotatable bonds is 10. The molecule has 3 aromatic heterocycles. The topological polar surface area (TPSA) is 149 Å². The molecule has 2 N–H and O–H groups in total. The highest BCUT2D eigenvalue weighted by atomic mass is 32.2. The predicted molar refractivity (Wildman–Crippen MR) is 157 cm³/mol. The smallest absolute Gasteiger partial charge is 0.282 e. The van der Waals surface area contributed by atoms with E-state index in [4.69, 9.17) is 0 Å². The lowest BCUT2D eigenvalue weighted by atomic mass is 10.1. The van der Waals surface area contributed by atoms with Crippen molar-refractivity contribution in [1.82, 2.24) is 24.5 Å². The highest BCUT2D eigenvalue weighted by molar-refractivity contribution is 7.99. The molecule has 0 aliphatic carbocycles. The van der Waals surface area contributed by atoms with E-state index in [2.05, 4.69) is 30.0 Å². The van der Waals surface area contributed by atoms with Crippen molar-refractivity contribution >= 4 is 61.0 Å². The minimum atomic E-state index is -3.41. The maximum Gasteiger partial charge on any atom is 0.282 e. The van der Waals surface area contributed by atoms with E-state index in [9.17, 15) is 18.0 Å². The zero-order valence-electron chi connectivity index (χ0n) is 21.1. The number of benzene rings is 2. The Morgan fingerprint density at radius 1 is 1.05 bits per heavy atom. The van der Waals surface area contributed by atoms with Crippen LogP contribution in [0.3, 0.4) is 0 Å². The van der Waals surface area contributed by atoms with Crippen LogP contribution in [0, 0.1) is 0 Å². The molecule has 5 aromatic rings. The van der Waals surface area contributed by atoms with Crippen molar-refractivity contribution in [2.24, 2.45) is 0 Å². The van der Waals surface area contributed by atoms with Gasteiger partial charge in [0.05, 0.1) is 16.9 Å². The number of nitrogens with zero attached hydrogens (tertiary/aromatic N) is 5. The summed E-state index contributed by atoms with van der Waals surface area (Å²) in [5.74, 6) is -0.326. The minimum absolute atomic E-state index is 0.00771. The molecule has 1 amide bonds. The molecule has 0 bridgehead atoms. The Morgan fingerprint density at radius 2 is 1.85 bits per heavy atom. The number of hydrogen-bond acceptors (Lipinski definition) is 10. The van der Waals surface area contributed by atoms with Gasteiger partial charge in [-0.25, -0.2) is 28.4 Å². The number of carbonyl (C=O) groups excluding carboxylic acids is 1. The number of aryl methyl sites for hydroxylation is 1. The lowest BCUT2D eigenvalue weighted by molar-refractivity contribution is -0.113. The molecule has 0 spiro atoms. The number of nitrogens with one attached hydrogen (secondary N) is 2. The summed E-state index contributed by atoms with van der Waals surface area (Å²) in [6.07, 6.45) is 6.22. The molecule has 0 atom stereocenters. The van der Waals surface area contributed by atoms with E-state index in [1.165, 1.54) is 28.3 Å². The Kier molecular flexibility index (Phi) is 8.19. The molecule has 0 aliphatic rings. The normalized spacial score (nSPS) is 11.4. The van der Waals surface area contributed by atoms with Gasteiger partial charge in [0.1, 0.15) is 0 Å². The van der Waals surface area contributed by atoms with Crippen LogP contribution in [-0.4, -0.2) is 50.8 Å². The van der Waals surface area contributed by atoms with Crippen LogP contribution in [0.1, 0.15) is 5.56 Å². The van der Waals surface area contributed by atoms with Crippen molar-refractivity contribution in [3.8, 4) is 10.4 Å². The molecule has 0 radical (unpaired) electrons. The zero-order valence-corrected chi connectivity index (χ0v) is 23.6. The van der Waals surface area contributed by atoms with E-state index in [0.29, 0.717) is 28.9 Å². The first kappa shape index (κ1) is 27.4. The number of anilines is 2. The number of sulfonamides is 1. The van der Waals surface area contributed by atoms with Gasteiger partial charge in [0, 0.05) is 30.8 Å². The van der Waals surface area contributed by atoms with E-state index in [0.717, 1.165) is 34.0 Å². The molecule has 204 valence electrons. The highest BCUT2D eigenvalue weighted by Crippen LogP contribution is 2.31. The van der Waals surface area contributed by atoms with Crippen LogP contribution in [0.4, 0.5) is 10.8 Å². The molecule has 0 unspecified atom stereocenters. The monoisotopic (exact) mass is 593 g/mol. The van der Waals surface area contributed by atoms with E-state index in [-0.39, 0.29) is 28.4 Å². The van der Waals surface area contributed by atoms with Crippen LogP contribution in [0.25, 0.3) is 21.6 Å². The number of thiazole rings is 1. The van der Waals surface area contributed by atoms with Gasteiger partial charge in [0.15, 0.2) is 21.5 Å². The molecule has 11 nitrogen and oxygen atoms in total. The third kappa shape index (κ3) is 6.89. The summed E-state index contributed by atoms with van der Waals surface area (Å²) in [6.45, 7) is 0.370. The Morgan fingerprint density at radius 3 is 2.65 bits per heavy atom. The summed E-state index contributed by atoms with van der Waals surface area (Å²) in [6, 6.07) is 16.7. The average molecular weight is 594 g/mol. The fourth-order valence-electron chi connectivity index (χ4n) is 3.82. The molecule has 0 saturated carbocycles. The maximum absolute atomic E-state index is 13.2. The summed E-state index contributed by atoms with van der Waals surface area (Å²) >= 11 is 2.39. The Labute approximate surface area is 237 Å². The summed E-state index contributed by atoms with van der Waals surface area (Å²) in [4.78, 5) is 43.9. The number of amides is 1. The van der Waals surface area contributed by atoms with Crippen LogP contribution >= 0.6 is 23.1 Å². The number of thioether (sulfide) groups is 1. The molecular formula is C26H23N7O4S3. The number of carbonyl (C=O) groups is 1. The lowest BCUT2D eigenvalue weighted by Gasteiger charge is -2.12. The fourth-order valence-corrected chi connectivity index (χ4v) is 6.02. The molecule has 3 heterocycles. The van der Waals surface area contributed by atoms with Gasteiger partial charge in [-0.05, 0) is 29.7 Å². The Bertz CT molecular complexity index is 1840. The van der Waals surface area contributed by atoms with Gasteiger partial charge in [0.2, 0.25) is 15.9 Å². The second kappa shape index (κ2) is 11.9. The largest absolute Gasteiger partial charge is 0.301 e. The Hall–Kier alpha value is -4.14. The van der Waals surface area contributed by atoms with Crippen molar-refractivity contribution in [2.75, 3.05) is 22.0 Å². The highest BCUT2D eigenvalue weighted by Gasteiger charge is 2.16. The van der Waals surface area contributed by atoms with Gasteiger partial charge in [0.25, 0.3) is 5.56 Å². The first-order valence-electron chi connectivity index (χ1n) is 12.0. The van der Waals surface area contributed by atoms with Gasteiger partial charge >= 0.3 is 0 Å². The molecule has 2 aromatic carbocycles. The first-order valence-corrected chi connectivity index (χ1v) is 15.7. The van der Waals surface area contributed by atoms with Crippen molar-refractivity contribution in [3.63, 3.8) is 0 Å². The summed E-state index contributed by atoms with van der Waals surface area (Å²) in [5, 5.41) is 3.54. The van der Waals surface area contributed by atoms with Crippen LogP contribution in [0.5, 0.6) is 0 Å². The Balaban J connectivity index is 1.29. The van der Waals surface area contributed by atoms with Crippen molar-refractivity contribution in [3.05, 3.63) is 89.1 Å². The minimum Gasteiger partial charge on any atom is -0.301 e. The fraction of sp³-hybridized carbons (Fsp3) is 0.154. The predicted octanol–water partition coefficient (Wildman–Crippen LogP) is 3.66. The molecule has 40 heavy (non-hydrogen) atoms. The van der Waals surface area contributed by atoms with Gasteiger partial charge < -0.3 is 5.32 Å². The zero-order chi connectivity index (χ0) is 28.1. The van der Waals surface area contributed by atoms with Gasteiger partial charge in [-0.2, -0.15) is 0 Å². The molecule has 0 fully saturated rings. The molecule has 5 rings (SSSR count). The van der Waals surface area contributed by atoms with Crippen molar-refractivity contribution < 1.29 is 13.2 Å². The third-order valence-electron chi connectivity index (χ3n) is 5.56. The molecule has 0 saturated heterocycles. The second-order valence-electron chi connectivity index (χ2n) is 8.64. The van der Waals surface area contributed by atoms with Gasteiger partial charge in [-0.15, -0.1) is 0 Å². The third-order valence-corrected chi connectivity index (χ3v) is 8.11. The van der Waals surface area contributed by atoms with Gasteiger partial charge in [-0.1, -0.05) is 65.6 Å². The van der Waals surface area contributed by atoms with E-state index < -0.39 is 10.0 Å². The van der Waals surface area contributed by atoms with Crippen LogP contribution in [0.2, 0.25) is 0 Å². The van der Waals surface area contributed by atoms with E-state index in [1.807, 2.05) is 36.4 Å². The molecular weight excluding hydrogens is 571 g/mol. The van der Waals surface area contributed by atoms with Crippen LogP contribution < -0.4 is 15.6 Å². The number of aromatic nitrogens is 5. The second-order valence-corrected chi connectivity index (χ2v) is 12.4. The standard InChI is InChI=1S/C26H23N7O4S3/c1-40(36,37)32-19-9-5-8-18(14-19)20-15-29-25(39-20)30-21(34)16-38-26-31-23-22(27-11-12-28-23)24(35)33(26)13-10-17-6-3-2-4-7-17/h2-9,11-12,14-15,32H,10,13,16H2,1H3,(H,29,30,34). The van der Waals surface area contributed by atoms with E-state index in [1.54, 1.807) is 24.4 Å². The van der Waals surface area contributed by atoms with Crippen LogP contribution in [-0.2, 0) is 27.8 Å². The molecule has 14 heteroatoms. The van der Waals surface area contributed by atoms with Crippen LogP contribution in [0.15, 0.2) is 83.1 Å². The first-order chi connectivity index (χ1) is 19.2. The average Bonchev–Trinajstić information content (AvgIpc) is 3.40. The lowest BCUT2D eigenvalue weighted by Crippen LogP contribution is -2.26. The molecule has 0 aliphatic heterocycles. The summed E-state index contributed by atoms with van der Waals surface area (Å²) < 4.78 is 27.1. The van der Waals surface area contributed by atoms with E-state index >= 15 is 0 Å². The van der Waals surface area contributed by atoms with Crippen molar-refractivity contribution in [2.45, 2.75) is 18.1 Å².